The first-order chi connectivity index (χ1) is 8.63. The monoisotopic (exact) mass is 270 g/mol. The molecule has 5 nitrogen and oxygen atoms in total. The number of carboxylic acid groups (broad SMARTS) is 1. The Balaban J connectivity index is 2.08. The standard InChI is InChI=1S/C12H18N2O3S/c1-14(6-3-7-17-2)12-13-9(8-4-5-8)10(18-12)11(15)16/h8H,3-7H2,1-2H3,(H,15,16). The van der Waals surface area contributed by atoms with E-state index in [9.17, 15) is 9.90 Å². The summed E-state index contributed by atoms with van der Waals surface area (Å²) in [6.45, 7) is 1.53. The second kappa shape index (κ2) is 5.67. The van der Waals surface area contributed by atoms with Crippen molar-refractivity contribution in [3.8, 4) is 0 Å². The Labute approximate surface area is 110 Å². The van der Waals surface area contributed by atoms with Crippen LogP contribution in [-0.2, 0) is 4.74 Å². The summed E-state index contributed by atoms with van der Waals surface area (Å²) >= 11 is 1.28. The van der Waals surface area contributed by atoms with E-state index in [1.54, 1.807) is 7.11 Å². The number of carboxylic acids is 1. The Bertz CT molecular complexity index is 429. The highest BCUT2D eigenvalue weighted by atomic mass is 32.1. The summed E-state index contributed by atoms with van der Waals surface area (Å²) in [4.78, 5) is 18.1. The molecule has 0 atom stereocenters. The second-order valence-electron chi connectivity index (χ2n) is 4.56. The van der Waals surface area contributed by atoms with E-state index in [1.165, 1.54) is 11.3 Å². The Hall–Kier alpha value is -1.14. The molecule has 0 spiro atoms. The number of thiazole rings is 1. The number of aromatic nitrogens is 1. The zero-order chi connectivity index (χ0) is 13.1. The van der Waals surface area contributed by atoms with Crippen LogP contribution in [-0.4, -0.2) is 43.4 Å². The summed E-state index contributed by atoms with van der Waals surface area (Å²) in [6.07, 6.45) is 3.04. The lowest BCUT2D eigenvalue weighted by atomic mass is 10.2. The lowest BCUT2D eigenvalue weighted by molar-refractivity contribution is 0.0700. The van der Waals surface area contributed by atoms with E-state index in [2.05, 4.69) is 4.98 Å². The van der Waals surface area contributed by atoms with Gasteiger partial charge in [0.15, 0.2) is 5.13 Å². The molecule has 0 radical (unpaired) electrons. The first-order valence-corrected chi connectivity index (χ1v) is 6.89. The average molecular weight is 270 g/mol. The molecule has 0 saturated heterocycles. The van der Waals surface area contributed by atoms with Crippen LogP contribution in [0.1, 0.15) is 40.5 Å². The minimum absolute atomic E-state index is 0.369. The summed E-state index contributed by atoms with van der Waals surface area (Å²) in [7, 11) is 3.62. The fourth-order valence-corrected chi connectivity index (χ4v) is 2.79. The van der Waals surface area contributed by atoms with E-state index in [1.807, 2.05) is 11.9 Å². The Morgan fingerprint density at radius 3 is 2.89 bits per heavy atom. The fourth-order valence-electron chi connectivity index (χ4n) is 1.81. The maximum absolute atomic E-state index is 11.2. The molecule has 1 aromatic heterocycles. The quantitative estimate of drug-likeness (QED) is 0.769. The van der Waals surface area contributed by atoms with Gasteiger partial charge in [-0.2, -0.15) is 0 Å². The van der Waals surface area contributed by atoms with Crippen LogP contribution in [0, 0.1) is 0 Å². The highest BCUT2D eigenvalue weighted by molar-refractivity contribution is 7.17. The predicted molar refractivity (Wildman–Crippen MR) is 70.8 cm³/mol. The Kier molecular flexibility index (Phi) is 4.19. The van der Waals surface area contributed by atoms with E-state index in [-0.39, 0.29) is 0 Å². The summed E-state index contributed by atoms with van der Waals surface area (Å²) in [6, 6.07) is 0. The number of ether oxygens (including phenoxy) is 1. The molecule has 1 fully saturated rings. The van der Waals surface area contributed by atoms with Gasteiger partial charge in [-0.05, 0) is 19.3 Å². The molecular formula is C12H18N2O3S. The third-order valence-corrected chi connectivity index (χ3v) is 4.14. The number of aromatic carboxylic acids is 1. The van der Waals surface area contributed by atoms with Crippen molar-refractivity contribution in [3.63, 3.8) is 0 Å². The molecule has 1 aliphatic rings. The van der Waals surface area contributed by atoms with E-state index in [0.29, 0.717) is 17.4 Å². The van der Waals surface area contributed by atoms with Crippen LogP contribution in [0.15, 0.2) is 0 Å². The maximum Gasteiger partial charge on any atom is 0.347 e. The van der Waals surface area contributed by atoms with Crippen molar-refractivity contribution in [3.05, 3.63) is 10.6 Å². The molecule has 1 aliphatic carbocycles. The molecule has 0 aromatic carbocycles. The molecule has 1 heterocycles. The minimum atomic E-state index is -0.856. The van der Waals surface area contributed by atoms with E-state index < -0.39 is 5.97 Å². The molecule has 100 valence electrons. The van der Waals surface area contributed by atoms with Gasteiger partial charge in [0.1, 0.15) is 4.88 Å². The van der Waals surface area contributed by atoms with Crippen molar-refractivity contribution in [2.24, 2.45) is 0 Å². The molecule has 0 amide bonds. The molecule has 2 rings (SSSR count). The van der Waals surface area contributed by atoms with Crippen molar-refractivity contribution < 1.29 is 14.6 Å². The van der Waals surface area contributed by atoms with Crippen LogP contribution in [0.25, 0.3) is 0 Å². The first-order valence-electron chi connectivity index (χ1n) is 6.07. The predicted octanol–water partition coefficient (Wildman–Crippen LogP) is 2.19. The highest BCUT2D eigenvalue weighted by Crippen LogP contribution is 2.44. The second-order valence-corrected chi connectivity index (χ2v) is 5.54. The van der Waals surface area contributed by atoms with Crippen molar-refractivity contribution >= 4 is 22.4 Å². The van der Waals surface area contributed by atoms with Crippen LogP contribution in [0.2, 0.25) is 0 Å². The normalized spacial score (nSPS) is 14.8. The highest BCUT2D eigenvalue weighted by Gasteiger charge is 2.32. The molecule has 1 saturated carbocycles. The minimum Gasteiger partial charge on any atom is -0.477 e. The van der Waals surface area contributed by atoms with E-state index >= 15 is 0 Å². The SMILES string of the molecule is COCCCN(C)c1nc(C2CC2)c(C(=O)O)s1. The molecule has 0 bridgehead atoms. The third kappa shape index (κ3) is 3.00. The number of rotatable bonds is 7. The lowest BCUT2D eigenvalue weighted by Gasteiger charge is -2.14. The lowest BCUT2D eigenvalue weighted by Crippen LogP contribution is -2.19. The summed E-state index contributed by atoms with van der Waals surface area (Å²) in [5.74, 6) is -0.487. The Morgan fingerprint density at radius 1 is 1.61 bits per heavy atom. The van der Waals surface area contributed by atoms with Crippen LogP contribution >= 0.6 is 11.3 Å². The van der Waals surface area contributed by atoms with Crippen molar-refractivity contribution in [2.45, 2.75) is 25.2 Å². The van der Waals surface area contributed by atoms with Gasteiger partial charge >= 0.3 is 5.97 Å². The van der Waals surface area contributed by atoms with Gasteiger partial charge < -0.3 is 14.7 Å². The number of anilines is 1. The first kappa shape index (κ1) is 13.3. The van der Waals surface area contributed by atoms with Gasteiger partial charge in [-0.15, -0.1) is 0 Å². The van der Waals surface area contributed by atoms with E-state index in [0.717, 1.165) is 36.6 Å². The average Bonchev–Trinajstić information content (AvgIpc) is 3.07. The summed E-state index contributed by atoms with van der Waals surface area (Å²) in [5, 5.41) is 9.98. The largest absolute Gasteiger partial charge is 0.477 e. The summed E-state index contributed by atoms with van der Waals surface area (Å²) in [5.41, 5.74) is 0.779. The van der Waals surface area contributed by atoms with E-state index in [4.69, 9.17) is 4.74 Å². The summed E-state index contributed by atoms with van der Waals surface area (Å²) < 4.78 is 5.01. The van der Waals surface area contributed by atoms with Gasteiger partial charge in [0, 0.05) is 33.2 Å². The van der Waals surface area contributed by atoms with Gasteiger partial charge in [-0.3, -0.25) is 0 Å². The van der Waals surface area contributed by atoms with Gasteiger partial charge in [0.05, 0.1) is 5.69 Å². The number of hydrogen-bond donors (Lipinski definition) is 1. The number of carbonyl (C=O) groups is 1. The molecule has 0 unspecified atom stereocenters. The molecular weight excluding hydrogens is 252 g/mol. The smallest absolute Gasteiger partial charge is 0.347 e. The number of methoxy groups -OCH3 is 1. The van der Waals surface area contributed by atoms with Gasteiger partial charge in [-0.25, -0.2) is 9.78 Å². The molecule has 1 aromatic rings. The molecule has 0 aliphatic heterocycles. The van der Waals surface area contributed by atoms with Crippen molar-refractivity contribution in [1.82, 2.24) is 4.98 Å². The molecule has 6 heteroatoms. The van der Waals surface area contributed by atoms with Crippen LogP contribution in [0.4, 0.5) is 5.13 Å². The van der Waals surface area contributed by atoms with Gasteiger partial charge in [0.2, 0.25) is 0 Å². The molecule has 1 N–H and O–H groups in total. The Morgan fingerprint density at radius 2 is 2.33 bits per heavy atom. The fraction of sp³-hybridized carbons (Fsp3) is 0.667. The van der Waals surface area contributed by atoms with Crippen molar-refractivity contribution in [1.29, 1.82) is 0 Å². The maximum atomic E-state index is 11.2. The zero-order valence-corrected chi connectivity index (χ0v) is 11.5. The third-order valence-electron chi connectivity index (χ3n) is 2.97. The van der Waals surface area contributed by atoms with Crippen molar-refractivity contribution in [2.75, 3.05) is 32.2 Å². The van der Waals surface area contributed by atoms with Gasteiger partial charge in [0.25, 0.3) is 0 Å². The van der Waals surface area contributed by atoms with Crippen LogP contribution in [0.3, 0.4) is 0 Å². The number of nitrogens with zero attached hydrogens (tertiary/aromatic N) is 2. The zero-order valence-electron chi connectivity index (χ0n) is 10.7. The topological polar surface area (TPSA) is 62.7 Å². The molecule has 18 heavy (non-hydrogen) atoms. The number of hydrogen-bond acceptors (Lipinski definition) is 5. The van der Waals surface area contributed by atoms with Crippen LogP contribution in [0.5, 0.6) is 0 Å². The van der Waals surface area contributed by atoms with Crippen LogP contribution < -0.4 is 4.90 Å². The van der Waals surface area contributed by atoms with Gasteiger partial charge in [-0.1, -0.05) is 11.3 Å².